The van der Waals surface area contributed by atoms with E-state index in [1.807, 2.05) is 0 Å². The monoisotopic (exact) mass is 552 g/mol. The van der Waals surface area contributed by atoms with E-state index in [0.29, 0.717) is 42.1 Å². The molecular formula is C25H32F4N8O2. The molecule has 1 aliphatic carbocycles. The smallest absolute Gasteiger partial charge is 0.393 e. The highest BCUT2D eigenvalue weighted by Crippen LogP contribution is 2.48. The van der Waals surface area contributed by atoms with E-state index in [1.165, 1.54) is 31.1 Å². The number of nitrogens with zero attached hydrogens (tertiary/aromatic N) is 4. The summed E-state index contributed by atoms with van der Waals surface area (Å²) < 4.78 is 53.2. The van der Waals surface area contributed by atoms with E-state index in [0.717, 1.165) is 12.8 Å². The lowest BCUT2D eigenvalue weighted by Gasteiger charge is -2.41. The lowest BCUT2D eigenvalue weighted by Crippen LogP contribution is -2.55. The number of carbonyl (C=O) groups excluding carboxylic acids is 1. The predicted octanol–water partition coefficient (Wildman–Crippen LogP) is 3.97. The number of hydrogen-bond acceptors (Lipinski definition) is 6. The van der Waals surface area contributed by atoms with Crippen LogP contribution in [0, 0.1) is 11.3 Å². The predicted molar refractivity (Wildman–Crippen MR) is 136 cm³/mol. The average Bonchev–Trinajstić information content (AvgIpc) is 3.39. The Morgan fingerprint density at radius 2 is 1.95 bits per heavy atom. The lowest BCUT2D eigenvalue weighted by molar-refractivity contribution is -0.200. The van der Waals surface area contributed by atoms with Crippen LogP contribution in [0.25, 0.3) is 11.4 Å². The van der Waals surface area contributed by atoms with Crippen molar-refractivity contribution in [3.63, 3.8) is 0 Å². The van der Waals surface area contributed by atoms with Crippen molar-refractivity contribution in [3.8, 4) is 11.4 Å². The first-order valence-corrected chi connectivity index (χ1v) is 12.9. The summed E-state index contributed by atoms with van der Waals surface area (Å²) in [6.45, 7) is 2.43. The SMILES string of the molecule is CC(C)(F)CNc1cc(-c2[nH]ncc2NC(=O)N2CCC(O)CC23CC3)ncc1C(=N)N1CC(C(F)(F)F)C1. The van der Waals surface area contributed by atoms with E-state index in [9.17, 15) is 27.5 Å². The summed E-state index contributed by atoms with van der Waals surface area (Å²) in [7, 11) is 0. The first-order chi connectivity index (χ1) is 18.3. The number of rotatable bonds is 6. The van der Waals surface area contributed by atoms with Crippen LogP contribution < -0.4 is 10.6 Å². The van der Waals surface area contributed by atoms with Gasteiger partial charge in [0.05, 0.1) is 35.2 Å². The van der Waals surface area contributed by atoms with Crippen LogP contribution in [-0.4, -0.2) is 91.6 Å². The van der Waals surface area contributed by atoms with Crippen molar-refractivity contribution in [1.29, 1.82) is 5.41 Å². The van der Waals surface area contributed by atoms with E-state index in [4.69, 9.17) is 5.41 Å². The van der Waals surface area contributed by atoms with Crippen LogP contribution in [-0.2, 0) is 0 Å². The van der Waals surface area contributed by atoms with Gasteiger partial charge in [0.15, 0.2) is 0 Å². The molecule has 0 radical (unpaired) electrons. The van der Waals surface area contributed by atoms with E-state index >= 15 is 0 Å². The number of aliphatic hydroxyl groups is 1. The summed E-state index contributed by atoms with van der Waals surface area (Å²) in [4.78, 5) is 20.6. The van der Waals surface area contributed by atoms with Crippen LogP contribution in [0.5, 0.6) is 0 Å². The maximum atomic E-state index is 14.3. The molecule has 0 bridgehead atoms. The summed E-state index contributed by atoms with van der Waals surface area (Å²) in [5.74, 6) is -1.64. The van der Waals surface area contributed by atoms with Crippen LogP contribution in [0.3, 0.4) is 0 Å². The number of hydrogen-bond donors (Lipinski definition) is 5. The Kier molecular flexibility index (Phi) is 6.72. The minimum Gasteiger partial charge on any atom is -0.393 e. The maximum absolute atomic E-state index is 14.3. The number of alkyl halides is 4. The number of aliphatic hydroxyl groups excluding tert-OH is 1. The molecule has 5 rings (SSSR count). The van der Waals surface area contributed by atoms with Gasteiger partial charge in [-0.2, -0.15) is 18.3 Å². The molecule has 2 saturated heterocycles. The van der Waals surface area contributed by atoms with Gasteiger partial charge in [0, 0.05) is 43.6 Å². The Balaban J connectivity index is 1.37. The molecule has 2 aromatic rings. The topological polar surface area (TPSA) is 133 Å². The third kappa shape index (κ3) is 5.65. The highest BCUT2D eigenvalue weighted by Gasteiger charge is 2.53. The number of amides is 2. The zero-order valence-electron chi connectivity index (χ0n) is 21.7. The van der Waals surface area contributed by atoms with Crippen molar-refractivity contribution in [3.05, 3.63) is 24.0 Å². The van der Waals surface area contributed by atoms with Crippen LogP contribution >= 0.6 is 0 Å². The molecule has 2 aromatic heterocycles. The molecule has 4 heterocycles. The fraction of sp³-hybridized carbons (Fsp3) is 0.600. The third-order valence-electron chi connectivity index (χ3n) is 7.60. The molecular weight excluding hydrogens is 520 g/mol. The minimum atomic E-state index is -4.33. The molecule has 2 aliphatic heterocycles. The Hall–Kier alpha value is -3.42. The van der Waals surface area contributed by atoms with E-state index in [1.54, 1.807) is 11.0 Å². The number of H-pyrrole nitrogens is 1. The molecule has 1 saturated carbocycles. The number of anilines is 2. The molecule has 10 nitrogen and oxygen atoms in total. The van der Waals surface area contributed by atoms with Gasteiger partial charge in [0.1, 0.15) is 17.2 Å². The quantitative estimate of drug-likeness (QED) is 0.209. The molecule has 1 spiro atoms. The number of pyridine rings is 1. The Labute approximate surface area is 222 Å². The van der Waals surface area contributed by atoms with E-state index in [2.05, 4.69) is 25.8 Å². The largest absolute Gasteiger partial charge is 0.395 e. The Bertz CT molecular complexity index is 1250. The maximum Gasteiger partial charge on any atom is 0.395 e. The zero-order valence-corrected chi connectivity index (χ0v) is 21.7. The second kappa shape index (κ2) is 9.65. The van der Waals surface area contributed by atoms with Crippen molar-refractivity contribution < 1.29 is 27.5 Å². The first kappa shape index (κ1) is 27.2. The summed E-state index contributed by atoms with van der Waals surface area (Å²) in [5, 5.41) is 31.2. The fourth-order valence-electron chi connectivity index (χ4n) is 5.13. The van der Waals surface area contributed by atoms with E-state index in [-0.39, 0.29) is 42.6 Å². The van der Waals surface area contributed by atoms with Gasteiger partial charge in [-0.25, -0.2) is 9.18 Å². The molecule has 14 heteroatoms. The Morgan fingerprint density at radius 3 is 2.59 bits per heavy atom. The summed E-state index contributed by atoms with van der Waals surface area (Å²) in [6, 6.07) is 1.24. The number of piperidine rings is 1. The highest BCUT2D eigenvalue weighted by molar-refractivity contribution is 6.02. The molecule has 5 N–H and O–H groups in total. The molecule has 3 fully saturated rings. The molecule has 1 unspecified atom stereocenters. The number of amidine groups is 1. The van der Waals surface area contributed by atoms with Gasteiger partial charge >= 0.3 is 12.2 Å². The number of urea groups is 1. The van der Waals surface area contributed by atoms with Crippen molar-refractivity contribution in [2.45, 2.75) is 63.0 Å². The van der Waals surface area contributed by atoms with Gasteiger partial charge in [-0.05, 0) is 45.6 Å². The number of likely N-dealkylation sites (tertiary alicyclic amines) is 2. The van der Waals surface area contributed by atoms with Crippen LogP contribution in [0.1, 0.15) is 45.1 Å². The van der Waals surface area contributed by atoms with Gasteiger partial charge < -0.3 is 25.5 Å². The number of nitrogens with one attached hydrogen (secondary N) is 4. The molecule has 1 atom stereocenters. The van der Waals surface area contributed by atoms with Crippen LogP contribution in [0.4, 0.5) is 33.7 Å². The molecule has 3 aliphatic rings. The van der Waals surface area contributed by atoms with Gasteiger partial charge in [-0.15, -0.1) is 0 Å². The Morgan fingerprint density at radius 1 is 1.23 bits per heavy atom. The molecule has 0 aromatic carbocycles. The number of aromatic amines is 1. The van der Waals surface area contributed by atoms with Crippen LogP contribution in [0.15, 0.2) is 18.5 Å². The summed E-state index contributed by atoms with van der Waals surface area (Å²) in [6.07, 6.45) is 0.779. The van der Waals surface area contributed by atoms with Gasteiger partial charge in [0.25, 0.3) is 0 Å². The van der Waals surface area contributed by atoms with Crippen molar-refractivity contribution in [1.82, 2.24) is 25.0 Å². The van der Waals surface area contributed by atoms with Gasteiger partial charge in [-0.3, -0.25) is 15.5 Å². The van der Waals surface area contributed by atoms with Crippen LogP contribution in [0.2, 0.25) is 0 Å². The van der Waals surface area contributed by atoms with E-state index < -0.39 is 23.9 Å². The fourth-order valence-corrected chi connectivity index (χ4v) is 5.13. The summed E-state index contributed by atoms with van der Waals surface area (Å²) in [5.41, 5.74) is -0.280. The van der Waals surface area contributed by atoms with Crippen molar-refractivity contribution in [2.75, 3.05) is 36.8 Å². The van der Waals surface area contributed by atoms with Crippen molar-refractivity contribution in [2.24, 2.45) is 5.92 Å². The first-order valence-electron chi connectivity index (χ1n) is 12.9. The van der Waals surface area contributed by atoms with Crippen molar-refractivity contribution >= 4 is 23.2 Å². The zero-order chi connectivity index (χ0) is 28.2. The normalized spacial score (nSPS) is 21.1. The molecule has 212 valence electrons. The standard InChI is InChI=1S/C25H32F4N8O2/c1-23(2,26)13-32-17-7-18(31-9-16(17)21(30)36-11-14(12-36)25(27,28)29)20-19(10-33-35-20)34-22(39)37-6-3-15(38)8-24(37)4-5-24/h7,9-10,14-15,30,38H,3-6,8,11-13H2,1-2H3,(H,31,32)(H,33,35)(H,34,39). The lowest BCUT2D eigenvalue weighted by atomic mass is 9.97. The summed E-state index contributed by atoms with van der Waals surface area (Å²) >= 11 is 0. The van der Waals surface area contributed by atoms with Gasteiger partial charge in [0.2, 0.25) is 0 Å². The number of aromatic nitrogens is 3. The highest BCUT2D eigenvalue weighted by atomic mass is 19.4. The second-order valence-corrected chi connectivity index (χ2v) is 11.3. The molecule has 39 heavy (non-hydrogen) atoms. The number of halogens is 4. The molecule has 2 amide bonds. The number of carbonyl (C=O) groups is 1. The average molecular weight is 553 g/mol. The van der Waals surface area contributed by atoms with Gasteiger partial charge in [-0.1, -0.05) is 0 Å². The third-order valence-corrected chi connectivity index (χ3v) is 7.60. The second-order valence-electron chi connectivity index (χ2n) is 11.3. The minimum absolute atomic E-state index is 0.114.